The van der Waals surface area contributed by atoms with Crippen LogP contribution in [0, 0.1) is 0 Å². The summed E-state index contributed by atoms with van der Waals surface area (Å²) in [7, 11) is 3.23. The molecule has 0 amide bonds. The van der Waals surface area contributed by atoms with Crippen molar-refractivity contribution in [2.24, 2.45) is 0 Å². The number of rotatable bonds is 8. The van der Waals surface area contributed by atoms with E-state index in [1.807, 2.05) is 24.4 Å². The fraction of sp³-hybridized carbons (Fsp3) is 0.429. The second-order valence-corrected chi connectivity index (χ2v) is 4.47. The van der Waals surface area contributed by atoms with Gasteiger partial charge in [0, 0.05) is 19.2 Å². The molecule has 0 radical (unpaired) electrons. The molecule has 0 bridgehead atoms. The van der Waals surface area contributed by atoms with Crippen LogP contribution in [0.3, 0.4) is 0 Å². The standard InChI is InChI=1S/C14H20N4O3/c1-20-12-4-5-13(14(8-12)21-2)15-9-11-10-18(17-16-11)6-3-7-19/h4-5,8,10,15,19H,3,6-7,9H2,1-2H3. The molecule has 0 aliphatic heterocycles. The predicted octanol–water partition coefficient (Wildman–Crippen LogP) is 1.29. The number of aliphatic hydroxyl groups excluding tert-OH is 1. The first-order valence-electron chi connectivity index (χ1n) is 6.72. The molecule has 21 heavy (non-hydrogen) atoms. The molecule has 7 nitrogen and oxygen atoms in total. The summed E-state index contributed by atoms with van der Waals surface area (Å²) in [6.07, 6.45) is 2.53. The molecule has 0 aliphatic carbocycles. The van der Waals surface area contributed by atoms with Gasteiger partial charge in [-0.2, -0.15) is 0 Å². The highest BCUT2D eigenvalue weighted by atomic mass is 16.5. The summed E-state index contributed by atoms with van der Waals surface area (Å²) in [4.78, 5) is 0. The molecule has 1 heterocycles. The molecule has 0 fully saturated rings. The highest BCUT2D eigenvalue weighted by Crippen LogP contribution is 2.29. The van der Waals surface area contributed by atoms with E-state index in [4.69, 9.17) is 14.6 Å². The lowest BCUT2D eigenvalue weighted by Crippen LogP contribution is -2.02. The van der Waals surface area contributed by atoms with Crippen LogP contribution in [0.4, 0.5) is 5.69 Å². The third-order valence-electron chi connectivity index (χ3n) is 3.00. The van der Waals surface area contributed by atoms with Crippen LogP contribution in [0.5, 0.6) is 11.5 Å². The second kappa shape index (κ2) is 7.49. The van der Waals surface area contributed by atoms with Gasteiger partial charge in [-0.3, -0.25) is 4.68 Å². The predicted molar refractivity (Wildman–Crippen MR) is 78.6 cm³/mol. The summed E-state index contributed by atoms with van der Waals surface area (Å²) in [5, 5.41) is 20.1. The van der Waals surface area contributed by atoms with Crippen molar-refractivity contribution in [3.63, 3.8) is 0 Å². The Morgan fingerprint density at radius 2 is 2.14 bits per heavy atom. The summed E-state index contributed by atoms with van der Waals surface area (Å²) >= 11 is 0. The first-order valence-corrected chi connectivity index (χ1v) is 6.72. The first kappa shape index (κ1) is 15.1. The van der Waals surface area contributed by atoms with Gasteiger partial charge in [0.2, 0.25) is 0 Å². The Bertz CT molecular complexity index is 571. The first-order chi connectivity index (χ1) is 10.3. The van der Waals surface area contributed by atoms with Crippen molar-refractivity contribution in [1.82, 2.24) is 15.0 Å². The summed E-state index contributed by atoms with van der Waals surface area (Å²) in [5.41, 5.74) is 1.69. The zero-order valence-corrected chi connectivity index (χ0v) is 12.2. The SMILES string of the molecule is COc1ccc(NCc2cn(CCCO)nn2)c(OC)c1. The number of benzene rings is 1. The van der Waals surface area contributed by atoms with Crippen molar-refractivity contribution in [1.29, 1.82) is 0 Å². The number of aliphatic hydroxyl groups is 1. The number of hydrogen-bond acceptors (Lipinski definition) is 6. The number of methoxy groups -OCH3 is 2. The Labute approximate surface area is 123 Å². The van der Waals surface area contributed by atoms with Crippen LogP contribution in [0.1, 0.15) is 12.1 Å². The number of aromatic nitrogens is 3. The lowest BCUT2D eigenvalue weighted by Gasteiger charge is -2.11. The molecule has 0 saturated heterocycles. The molecule has 0 unspecified atom stereocenters. The highest BCUT2D eigenvalue weighted by molar-refractivity contribution is 5.59. The molecular weight excluding hydrogens is 272 g/mol. The molecule has 0 saturated carbocycles. The quantitative estimate of drug-likeness (QED) is 0.763. The van der Waals surface area contributed by atoms with Gasteiger partial charge in [-0.1, -0.05) is 5.21 Å². The lowest BCUT2D eigenvalue weighted by molar-refractivity contribution is 0.276. The van der Waals surface area contributed by atoms with E-state index >= 15 is 0 Å². The minimum atomic E-state index is 0.149. The number of aryl methyl sites for hydroxylation is 1. The van der Waals surface area contributed by atoms with E-state index < -0.39 is 0 Å². The van der Waals surface area contributed by atoms with E-state index in [0.717, 1.165) is 17.1 Å². The molecule has 0 aliphatic rings. The van der Waals surface area contributed by atoms with Gasteiger partial charge < -0.3 is 19.9 Å². The summed E-state index contributed by atoms with van der Waals surface area (Å²) in [5.74, 6) is 1.45. The Morgan fingerprint density at radius 3 is 2.86 bits per heavy atom. The van der Waals surface area contributed by atoms with Crippen LogP contribution < -0.4 is 14.8 Å². The largest absolute Gasteiger partial charge is 0.497 e. The van der Waals surface area contributed by atoms with Crippen LogP contribution in [0.2, 0.25) is 0 Å². The summed E-state index contributed by atoms with van der Waals surface area (Å²) < 4.78 is 12.2. The van der Waals surface area contributed by atoms with Gasteiger partial charge in [0.25, 0.3) is 0 Å². The van der Waals surface area contributed by atoms with Gasteiger partial charge >= 0.3 is 0 Å². The van der Waals surface area contributed by atoms with Crippen LogP contribution in [0.25, 0.3) is 0 Å². The summed E-state index contributed by atoms with van der Waals surface area (Å²) in [6, 6.07) is 5.58. The zero-order valence-electron chi connectivity index (χ0n) is 12.2. The van der Waals surface area contributed by atoms with Gasteiger partial charge in [0.1, 0.15) is 17.2 Å². The maximum absolute atomic E-state index is 8.79. The smallest absolute Gasteiger partial charge is 0.145 e. The third-order valence-corrected chi connectivity index (χ3v) is 3.00. The van der Waals surface area contributed by atoms with E-state index in [1.54, 1.807) is 18.9 Å². The van der Waals surface area contributed by atoms with E-state index in [1.165, 1.54) is 0 Å². The third kappa shape index (κ3) is 4.09. The van der Waals surface area contributed by atoms with E-state index in [2.05, 4.69) is 15.6 Å². The molecule has 0 atom stereocenters. The van der Waals surface area contributed by atoms with Gasteiger partial charge in [-0.05, 0) is 18.6 Å². The number of nitrogens with zero attached hydrogens (tertiary/aromatic N) is 3. The average molecular weight is 292 g/mol. The van der Waals surface area contributed by atoms with Gasteiger partial charge in [0.05, 0.1) is 32.6 Å². The van der Waals surface area contributed by atoms with Crippen LogP contribution in [-0.4, -0.2) is 40.9 Å². The molecule has 7 heteroatoms. The van der Waals surface area contributed by atoms with Crippen molar-refractivity contribution in [3.8, 4) is 11.5 Å². The van der Waals surface area contributed by atoms with Gasteiger partial charge in [-0.15, -0.1) is 5.10 Å². The Balaban J connectivity index is 1.97. The minimum absolute atomic E-state index is 0.149. The van der Waals surface area contributed by atoms with E-state index in [9.17, 15) is 0 Å². The molecule has 0 spiro atoms. The van der Waals surface area contributed by atoms with Crippen LogP contribution >= 0.6 is 0 Å². The monoisotopic (exact) mass is 292 g/mol. The normalized spacial score (nSPS) is 10.4. The van der Waals surface area contributed by atoms with Crippen LogP contribution in [0.15, 0.2) is 24.4 Å². The van der Waals surface area contributed by atoms with Gasteiger partial charge in [-0.25, -0.2) is 0 Å². The topological polar surface area (TPSA) is 81.4 Å². The maximum Gasteiger partial charge on any atom is 0.145 e. The number of ether oxygens (including phenoxy) is 2. The number of nitrogens with one attached hydrogen (secondary N) is 1. The zero-order chi connectivity index (χ0) is 15.1. The Kier molecular flexibility index (Phi) is 5.39. The lowest BCUT2D eigenvalue weighted by atomic mass is 10.2. The fourth-order valence-corrected chi connectivity index (χ4v) is 1.89. The second-order valence-electron chi connectivity index (χ2n) is 4.47. The van der Waals surface area contributed by atoms with Crippen molar-refractivity contribution in [2.75, 3.05) is 26.1 Å². The summed E-state index contributed by atoms with van der Waals surface area (Å²) in [6.45, 7) is 1.35. The fourth-order valence-electron chi connectivity index (χ4n) is 1.89. The number of hydrogen-bond donors (Lipinski definition) is 2. The molecular formula is C14H20N4O3. The van der Waals surface area contributed by atoms with E-state index in [-0.39, 0.29) is 6.61 Å². The maximum atomic E-state index is 8.79. The van der Waals surface area contributed by atoms with Crippen molar-refractivity contribution >= 4 is 5.69 Å². The molecule has 2 rings (SSSR count). The number of anilines is 1. The van der Waals surface area contributed by atoms with Gasteiger partial charge in [0.15, 0.2) is 0 Å². The minimum Gasteiger partial charge on any atom is -0.497 e. The molecule has 1 aromatic heterocycles. The molecule has 114 valence electrons. The average Bonchev–Trinajstić information content (AvgIpc) is 2.98. The molecule has 2 aromatic rings. The molecule has 1 aromatic carbocycles. The Morgan fingerprint density at radius 1 is 1.29 bits per heavy atom. The Hall–Kier alpha value is -2.28. The van der Waals surface area contributed by atoms with Crippen molar-refractivity contribution < 1.29 is 14.6 Å². The highest BCUT2D eigenvalue weighted by Gasteiger charge is 2.06. The van der Waals surface area contributed by atoms with Crippen LogP contribution in [-0.2, 0) is 13.1 Å². The molecule has 2 N–H and O–H groups in total. The van der Waals surface area contributed by atoms with Crippen molar-refractivity contribution in [2.45, 2.75) is 19.5 Å². The van der Waals surface area contributed by atoms with E-state index in [0.29, 0.717) is 25.3 Å². The van der Waals surface area contributed by atoms with Crippen molar-refractivity contribution in [3.05, 3.63) is 30.1 Å².